The summed E-state index contributed by atoms with van der Waals surface area (Å²) in [7, 11) is 0. The molecule has 0 bridgehead atoms. The zero-order valence-electron chi connectivity index (χ0n) is 22.9. The minimum absolute atomic E-state index is 0.0405. The molecule has 1 N–H and O–H groups in total. The molecule has 1 aromatic rings. The molecule has 8 atom stereocenters. The average Bonchev–Trinajstić information content (AvgIpc) is 3.40. The monoisotopic (exact) mass is 683 g/mol. The summed E-state index contributed by atoms with van der Waals surface area (Å²) in [5, 5.41) is 13.5. The summed E-state index contributed by atoms with van der Waals surface area (Å²) >= 11 is 3.37. The fraction of sp³-hybridized carbons (Fsp3) is 0.613. The van der Waals surface area contributed by atoms with Crippen LogP contribution in [0, 0.1) is 28.6 Å². The molecule has 9 heteroatoms. The van der Waals surface area contributed by atoms with Gasteiger partial charge in [-0.25, -0.2) is 8.78 Å². The third-order valence-corrected chi connectivity index (χ3v) is 12.5. The van der Waals surface area contributed by atoms with Crippen molar-refractivity contribution in [1.82, 2.24) is 5.06 Å². The van der Waals surface area contributed by atoms with Crippen molar-refractivity contribution in [2.45, 2.75) is 69.7 Å². The first-order valence-corrected chi connectivity index (χ1v) is 16.7. The molecule has 0 radical (unpaired) electrons. The maximum Gasteiger partial charge on any atom is 0.224 e. The lowest BCUT2D eigenvalue weighted by molar-refractivity contribution is -0.260. The van der Waals surface area contributed by atoms with Crippen molar-refractivity contribution < 1.29 is 28.3 Å². The second-order valence-electron chi connectivity index (χ2n) is 12.7. The highest BCUT2D eigenvalue weighted by molar-refractivity contribution is 14.1. The van der Waals surface area contributed by atoms with Crippen LogP contribution < -0.4 is 0 Å². The van der Waals surface area contributed by atoms with E-state index in [1.807, 2.05) is 30.2 Å². The molecule has 0 unspecified atom stereocenters. The Bertz CT molecular complexity index is 1280. The smallest absolute Gasteiger partial charge is 0.224 e. The molecular weight excluding hydrogens is 647 g/mol. The van der Waals surface area contributed by atoms with Gasteiger partial charge in [-0.15, -0.1) is 0 Å². The zero-order chi connectivity index (χ0) is 28.5. The maximum absolute atomic E-state index is 17.5. The second kappa shape index (κ2) is 10.2. The van der Waals surface area contributed by atoms with Crippen LogP contribution in [0.5, 0.6) is 0 Å². The first-order chi connectivity index (χ1) is 19.0. The van der Waals surface area contributed by atoms with Crippen LogP contribution in [0.4, 0.5) is 8.78 Å². The molecule has 1 heterocycles. The minimum atomic E-state index is -2.14. The Balaban J connectivity index is 1.33. The van der Waals surface area contributed by atoms with Crippen molar-refractivity contribution in [3.63, 3.8) is 0 Å². The largest absolute Gasteiger partial charge is 0.390 e. The van der Waals surface area contributed by atoms with Gasteiger partial charge in [0.1, 0.15) is 5.83 Å². The van der Waals surface area contributed by atoms with E-state index in [0.717, 1.165) is 12.8 Å². The number of aliphatic hydroxyl groups is 1. The summed E-state index contributed by atoms with van der Waals surface area (Å²) in [6.07, 6.45) is 3.37. The van der Waals surface area contributed by atoms with Gasteiger partial charge in [0.25, 0.3) is 0 Å². The van der Waals surface area contributed by atoms with E-state index in [4.69, 9.17) is 4.84 Å². The number of aliphatic hydroxyl groups excluding tert-OH is 1. The number of thioether (sulfide) groups is 1. The van der Waals surface area contributed by atoms with Gasteiger partial charge >= 0.3 is 0 Å². The lowest BCUT2D eigenvalue weighted by Crippen LogP contribution is -2.69. The number of ketones is 1. The van der Waals surface area contributed by atoms with Gasteiger partial charge in [-0.3, -0.25) is 14.4 Å². The number of fused-ring (bicyclic) bond motifs is 7. The summed E-state index contributed by atoms with van der Waals surface area (Å²) in [6, 6.07) is 10.2. The summed E-state index contributed by atoms with van der Waals surface area (Å²) in [6.45, 7) is 4.79. The fourth-order valence-corrected chi connectivity index (χ4v) is 10.6. The first-order valence-electron chi connectivity index (χ1n) is 14.2. The first kappa shape index (κ1) is 29.0. The molecule has 1 aromatic carbocycles. The number of nitrogens with zero attached hydrogens (tertiary/aromatic N) is 1. The molecule has 40 heavy (non-hydrogen) atoms. The Hall–Kier alpha value is -1.14. The number of hydrogen-bond acceptors (Lipinski definition) is 6. The summed E-state index contributed by atoms with van der Waals surface area (Å²) in [5.41, 5.74) is -4.23. The van der Waals surface area contributed by atoms with Crippen LogP contribution in [0.25, 0.3) is 0 Å². The average molecular weight is 684 g/mol. The molecule has 4 aliphatic carbocycles. The standard InChI is InChI=1S/C31H36F2INO4S/c1-28-11-10-21(36)14-24(28)25(32)15-23-22-13-20-17-35(12-6-9-19-7-4-3-5-8-19)39-31(20,27(38)40-18-34)29(22,2)16-26(37)30(23,28)33/h3-5,7-8,10-11,20,22-23,26,37H,6,9,12-18H2,1-2H3/t20-,22-,23-,26-,28-,29-,30-,31-/m0/s1. The van der Waals surface area contributed by atoms with E-state index in [2.05, 4.69) is 34.7 Å². The molecule has 3 fully saturated rings. The summed E-state index contributed by atoms with van der Waals surface area (Å²) in [4.78, 5) is 32.8. The molecule has 6 rings (SSSR count). The molecule has 1 aliphatic heterocycles. The van der Waals surface area contributed by atoms with Crippen LogP contribution in [0.3, 0.4) is 0 Å². The molecule has 2 saturated carbocycles. The topological polar surface area (TPSA) is 66.8 Å². The third-order valence-electron chi connectivity index (χ3n) is 10.9. The maximum atomic E-state index is 17.5. The van der Waals surface area contributed by atoms with E-state index in [-0.39, 0.29) is 47.6 Å². The number of hydroxylamine groups is 2. The minimum Gasteiger partial charge on any atom is -0.390 e. The van der Waals surface area contributed by atoms with Gasteiger partial charge in [0.05, 0.1) is 9.86 Å². The van der Waals surface area contributed by atoms with Crippen molar-refractivity contribution in [2.75, 3.05) is 16.8 Å². The Kier molecular flexibility index (Phi) is 7.42. The highest BCUT2D eigenvalue weighted by Gasteiger charge is 2.79. The molecular formula is C31H36F2INO4S. The Morgan fingerprint density at radius 2 is 2.00 bits per heavy atom. The van der Waals surface area contributed by atoms with Crippen LogP contribution in [0.1, 0.15) is 51.5 Å². The SMILES string of the molecule is C[C@]12C=CC(=O)CC1=C(F)C[C@H]1[C@@H]3C[C@H]4CN(CCCc5ccccc5)O[C@@]4(C(=O)SCI)[C@@]3(C)C[C@H](O)[C@@]12F. The van der Waals surface area contributed by atoms with E-state index < -0.39 is 39.9 Å². The molecule has 5 nitrogen and oxygen atoms in total. The van der Waals surface area contributed by atoms with Gasteiger partial charge in [-0.1, -0.05) is 77.7 Å². The lowest BCUT2D eigenvalue weighted by atomic mass is 9.45. The quantitative estimate of drug-likeness (QED) is 0.287. The molecule has 0 spiro atoms. The van der Waals surface area contributed by atoms with Crippen molar-refractivity contribution in [2.24, 2.45) is 28.6 Å². The normalized spacial score (nSPS) is 42.4. The van der Waals surface area contributed by atoms with Gasteiger partial charge in [0.15, 0.2) is 17.1 Å². The van der Waals surface area contributed by atoms with Crippen LogP contribution in [-0.2, 0) is 20.8 Å². The van der Waals surface area contributed by atoms with Crippen LogP contribution in [-0.4, -0.2) is 55.3 Å². The third kappa shape index (κ3) is 3.93. The number of carbonyl (C=O) groups is 2. The van der Waals surface area contributed by atoms with Gasteiger partial charge in [-0.2, -0.15) is 5.06 Å². The zero-order valence-corrected chi connectivity index (χ0v) is 25.9. The number of alkyl halides is 2. The van der Waals surface area contributed by atoms with E-state index in [0.29, 0.717) is 23.3 Å². The lowest BCUT2D eigenvalue weighted by Gasteiger charge is -2.62. The molecule has 216 valence electrons. The molecule has 0 amide bonds. The number of rotatable bonds is 6. The number of hydrogen-bond donors (Lipinski definition) is 1. The van der Waals surface area contributed by atoms with Gasteiger partial charge in [-0.05, 0) is 55.7 Å². The Morgan fingerprint density at radius 1 is 1.25 bits per heavy atom. The fourth-order valence-electron chi connectivity index (χ4n) is 9.03. The predicted molar refractivity (Wildman–Crippen MR) is 159 cm³/mol. The second-order valence-corrected chi connectivity index (χ2v) is 15.4. The van der Waals surface area contributed by atoms with E-state index >= 15 is 8.78 Å². The highest BCUT2D eigenvalue weighted by atomic mass is 127. The van der Waals surface area contributed by atoms with Crippen molar-refractivity contribution in [1.29, 1.82) is 0 Å². The van der Waals surface area contributed by atoms with Crippen LogP contribution in [0.2, 0.25) is 0 Å². The molecule has 0 aromatic heterocycles. The van der Waals surface area contributed by atoms with Crippen LogP contribution in [0.15, 0.2) is 53.9 Å². The number of carbonyl (C=O) groups excluding carboxylic acids is 2. The summed E-state index contributed by atoms with van der Waals surface area (Å²) in [5.74, 6) is -2.07. The summed E-state index contributed by atoms with van der Waals surface area (Å²) < 4.78 is 33.8. The number of benzene rings is 1. The Labute approximate surface area is 252 Å². The van der Waals surface area contributed by atoms with Gasteiger partial charge in [0.2, 0.25) is 5.12 Å². The van der Waals surface area contributed by atoms with E-state index in [1.54, 1.807) is 6.92 Å². The number of halogens is 3. The number of allylic oxidation sites excluding steroid dienone is 4. The van der Waals surface area contributed by atoms with Crippen molar-refractivity contribution >= 4 is 45.3 Å². The van der Waals surface area contributed by atoms with Crippen molar-refractivity contribution in [3.8, 4) is 0 Å². The van der Waals surface area contributed by atoms with Gasteiger partial charge < -0.3 is 5.11 Å². The Morgan fingerprint density at radius 3 is 2.73 bits per heavy atom. The predicted octanol–water partition coefficient (Wildman–Crippen LogP) is 6.15. The molecule has 1 saturated heterocycles. The van der Waals surface area contributed by atoms with Crippen LogP contribution >= 0.6 is 34.4 Å². The van der Waals surface area contributed by atoms with Crippen molar-refractivity contribution in [3.05, 3.63) is 59.4 Å². The highest BCUT2D eigenvalue weighted by Crippen LogP contribution is 2.73. The van der Waals surface area contributed by atoms with E-state index in [9.17, 15) is 14.7 Å². The number of aryl methyl sites for hydroxylation is 1. The van der Waals surface area contributed by atoms with Gasteiger partial charge in [0, 0.05) is 48.6 Å². The molecule has 5 aliphatic rings. The van der Waals surface area contributed by atoms with E-state index in [1.165, 1.54) is 29.5 Å².